The summed E-state index contributed by atoms with van der Waals surface area (Å²) in [5.41, 5.74) is 5.06. The van der Waals surface area contributed by atoms with E-state index in [9.17, 15) is 13.2 Å². The summed E-state index contributed by atoms with van der Waals surface area (Å²) in [4.78, 5) is 16.6. The van der Waals surface area contributed by atoms with Crippen molar-refractivity contribution < 1.29 is 27.8 Å². The van der Waals surface area contributed by atoms with Crippen molar-refractivity contribution in [2.45, 2.75) is 107 Å². The molecule has 9 heteroatoms. The van der Waals surface area contributed by atoms with Crippen LogP contribution in [-0.2, 0) is 22.4 Å². The topological polar surface area (TPSA) is 62.1 Å². The Morgan fingerprint density at radius 1 is 1.24 bits per heavy atom. The predicted molar refractivity (Wildman–Crippen MR) is 211 cm³/mol. The van der Waals surface area contributed by atoms with Gasteiger partial charge in [-0.3, -0.25) is 9.79 Å². The molecule has 0 fully saturated rings. The van der Waals surface area contributed by atoms with E-state index in [2.05, 4.69) is 75.7 Å². The van der Waals surface area contributed by atoms with E-state index >= 15 is 0 Å². The zero-order valence-corrected chi connectivity index (χ0v) is 32.8. The number of nitrogens with zero attached hydrogens (tertiary/aromatic N) is 2. The Morgan fingerprint density at radius 3 is 2.32 bits per heavy atom. The standard InChI is InChI=1S/C29H39FN2OS.C5H8F2.C3H4.C2H4O2.C2H6/c1-6-9-10-20-31-27(18-17-25-23(7-2)12-11-13-26(25)30)29(34)21-33-24-15-14-22(4)28(19-16-24)32(5)8-3;1-3-4-5(2,6)7;1-3-2;1-2(3)4;1-2/h9-14,16,19-20,34H,6-8,15,17-18,21H2,1-5H3;3H,1,4H2,2H3;1H,2H3;1H3,(H,3,4);1-2H3/b10-9+,29-27-,31-20+;;;;. The maximum Gasteiger partial charge on any atom is 0.300 e. The lowest BCUT2D eigenvalue weighted by Crippen LogP contribution is -2.17. The lowest BCUT2D eigenvalue weighted by atomic mass is 9.99. The van der Waals surface area contributed by atoms with E-state index in [1.807, 2.05) is 38.1 Å². The van der Waals surface area contributed by atoms with Crippen molar-refractivity contribution in [2.75, 3.05) is 20.2 Å². The number of hydrogen-bond donors (Lipinski definition) is 2. The first-order valence-corrected chi connectivity index (χ1v) is 17.4. The predicted octanol–water partition coefficient (Wildman–Crippen LogP) is 11.6. The summed E-state index contributed by atoms with van der Waals surface area (Å²) in [6.07, 6.45) is 21.3. The number of aryl methyl sites for hydroxylation is 1. The maximum absolute atomic E-state index is 14.5. The molecule has 0 saturated carbocycles. The SMILES string of the molecule is C#CC.C=CCC(C)(F)F.CC.CC(=O)O.CC/C=C/C=N/C(CCc1c(F)cccc1CC)=C(\S)COC1=CC=C(N(C)CC)C(C)=CC1. The smallest absolute Gasteiger partial charge is 0.300 e. The second kappa shape index (κ2) is 31.1. The van der Waals surface area contributed by atoms with E-state index in [0.29, 0.717) is 19.4 Å². The molecule has 50 heavy (non-hydrogen) atoms. The van der Waals surface area contributed by atoms with Crippen LogP contribution in [0.1, 0.15) is 99.1 Å². The molecular weight excluding hydrogens is 658 g/mol. The van der Waals surface area contributed by atoms with Gasteiger partial charge in [0.1, 0.15) is 18.2 Å². The number of carbonyl (C=O) groups is 1. The van der Waals surface area contributed by atoms with Crippen molar-refractivity contribution >= 4 is 24.8 Å². The summed E-state index contributed by atoms with van der Waals surface area (Å²) < 4.78 is 43.9. The van der Waals surface area contributed by atoms with Gasteiger partial charge in [-0.15, -0.1) is 31.6 Å². The van der Waals surface area contributed by atoms with Crippen molar-refractivity contribution in [1.82, 2.24) is 4.90 Å². The van der Waals surface area contributed by atoms with E-state index in [1.54, 1.807) is 19.2 Å². The molecule has 2 rings (SSSR count). The van der Waals surface area contributed by atoms with Crippen LogP contribution in [0.3, 0.4) is 0 Å². The normalized spacial score (nSPS) is 12.6. The average Bonchev–Trinajstić information content (AvgIpc) is 3.25. The number of aliphatic imine (C=N–C) groups is 1. The molecule has 1 aliphatic rings. The maximum atomic E-state index is 14.5. The molecule has 1 N–H and O–H groups in total. The Bertz CT molecular complexity index is 1340. The molecule has 280 valence electrons. The molecule has 1 aromatic carbocycles. The minimum absolute atomic E-state index is 0.157. The summed E-state index contributed by atoms with van der Waals surface area (Å²) in [6, 6.07) is 5.29. The highest BCUT2D eigenvalue weighted by molar-refractivity contribution is 7.84. The summed E-state index contributed by atoms with van der Waals surface area (Å²) >= 11 is 4.74. The van der Waals surface area contributed by atoms with Crippen LogP contribution in [0.5, 0.6) is 0 Å². The van der Waals surface area contributed by atoms with Crippen LogP contribution in [0.4, 0.5) is 13.2 Å². The number of thiol groups is 1. The minimum Gasteiger partial charge on any atom is -0.492 e. The fraction of sp³-hybridized carbons (Fsp3) is 0.463. The number of halogens is 3. The fourth-order valence-corrected chi connectivity index (χ4v) is 4.24. The molecule has 5 nitrogen and oxygen atoms in total. The molecule has 1 aromatic rings. The third-order valence-electron chi connectivity index (χ3n) is 6.45. The molecule has 1 aliphatic carbocycles. The lowest BCUT2D eigenvalue weighted by molar-refractivity contribution is -0.134. The summed E-state index contributed by atoms with van der Waals surface area (Å²) in [5.74, 6) is -0.417. The number of ether oxygens (including phenoxy) is 1. The molecule has 0 atom stereocenters. The number of likely N-dealkylation sites (N-methyl/N-ethyl adjacent to an activating group) is 1. The highest BCUT2D eigenvalue weighted by Crippen LogP contribution is 2.25. The Labute approximate surface area is 306 Å². The number of terminal acetylenes is 1. The van der Waals surface area contributed by atoms with Crippen molar-refractivity contribution in [1.29, 1.82) is 0 Å². The van der Waals surface area contributed by atoms with Crippen LogP contribution in [-0.4, -0.2) is 48.3 Å². The van der Waals surface area contributed by atoms with E-state index in [0.717, 1.165) is 67.1 Å². The second-order valence-corrected chi connectivity index (χ2v) is 11.2. The van der Waals surface area contributed by atoms with Crippen molar-refractivity contribution in [2.24, 2.45) is 4.99 Å². The van der Waals surface area contributed by atoms with Gasteiger partial charge in [0.2, 0.25) is 5.92 Å². The van der Waals surface area contributed by atoms with Crippen molar-refractivity contribution in [3.8, 4) is 12.3 Å². The van der Waals surface area contributed by atoms with Gasteiger partial charge in [-0.1, -0.05) is 58.1 Å². The number of carboxylic acid groups (broad SMARTS) is 1. The molecule has 0 amide bonds. The number of aliphatic carboxylic acids is 1. The Kier molecular flexibility index (Phi) is 31.4. The van der Waals surface area contributed by atoms with Gasteiger partial charge in [-0.25, -0.2) is 13.2 Å². The number of hydrogen-bond acceptors (Lipinski definition) is 5. The highest BCUT2D eigenvalue weighted by atomic mass is 32.1. The first-order valence-electron chi connectivity index (χ1n) is 17.0. The number of carboxylic acids is 1. The monoisotopic (exact) mass is 718 g/mol. The molecule has 0 bridgehead atoms. The molecule has 0 saturated heterocycles. The summed E-state index contributed by atoms with van der Waals surface area (Å²) in [7, 11) is 2.09. The fourth-order valence-electron chi connectivity index (χ4n) is 4.00. The van der Waals surface area contributed by atoms with Crippen LogP contribution in [0.25, 0.3) is 0 Å². The summed E-state index contributed by atoms with van der Waals surface area (Å²) in [5, 5.41) is 7.42. The van der Waals surface area contributed by atoms with Crippen LogP contribution < -0.4 is 0 Å². The zero-order chi connectivity index (χ0) is 39.1. The highest BCUT2D eigenvalue weighted by Gasteiger charge is 2.17. The van der Waals surface area contributed by atoms with Gasteiger partial charge < -0.3 is 14.7 Å². The van der Waals surface area contributed by atoms with Gasteiger partial charge in [0.25, 0.3) is 5.97 Å². The number of allylic oxidation sites excluding steroid dienone is 8. The number of rotatable bonds is 14. The van der Waals surface area contributed by atoms with Gasteiger partial charge >= 0.3 is 0 Å². The van der Waals surface area contributed by atoms with E-state index in [-0.39, 0.29) is 12.2 Å². The molecule has 0 unspecified atom stereocenters. The molecule has 0 heterocycles. The minimum atomic E-state index is -2.57. The average molecular weight is 719 g/mol. The Morgan fingerprint density at radius 2 is 1.84 bits per heavy atom. The number of alkyl halides is 2. The molecular formula is C41H61F3N2O3S. The van der Waals surface area contributed by atoms with Gasteiger partial charge in [-0.2, -0.15) is 0 Å². The number of benzene rings is 1. The third kappa shape index (κ3) is 26.0. The molecule has 0 radical (unpaired) electrons. The second-order valence-electron chi connectivity index (χ2n) is 10.7. The van der Waals surface area contributed by atoms with E-state index in [4.69, 9.17) is 27.3 Å². The van der Waals surface area contributed by atoms with Gasteiger partial charge in [0.05, 0.1) is 5.70 Å². The quantitative estimate of drug-likeness (QED) is 0.0870. The van der Waals surface area contributed by atoms with Gasteiger partial charge in [0, 0.05) is 50.2 Å². The third-order valence-corrected chi connectivity index (χ3v) is 6.84. The Hall–Kier alpha value is -3.90. The van der Waals surface area contributed by atoms with E-state index < -0.39 is 11.9 Å². The van der Waals surface area contributed by atoms with Crippen LogP contribution in [0.2, 0.25) is 0 Å². The summed E-state index contributed by atoms with van der Waals surface area (Å²) in [6.45, 7) is 20.4. The van der Waals surface area contributed by atoms with Crippen LogP contribution in [0, 0.1) is 18.2 Å². The molecule has 0 spiro atoms. The lowest BCUT2D eigenvalue weighted by Gasteiger charge is -2.20. The van der Waals surface area contributed by atoms with Crippen LogP contribution >= 0.6 is 12.6 Å². The first kappa shape index (κ1) is 50.5. The van der Waals surface area contributed by atoms with Gasteiger partial charge in [-0.05, 0) is 94.4 Å². The van der Waals surface area contributed by atoms with Gasteiger partial charge in [0.15, 0.2) is 0 Å². The van der Waals surface area contributed by atoms with Crippen molar-refractivity contribution in [3.63, 3.8) is 0 Å². The van der Waals surface area contributed by atoms with E-state index in [1.165, 1.54) is 23.4 Å². The van der Waals surface area contributed by atoms with Crippen molar-refractivity contribution in [3.05, 3.63) is 106 Å². The Balaban J connectivity index is -0.00000115. The molecule has 0 aliphatic heterocycles. The zero-order valence-electron chi connectivity index (χ0n) is 32.0. The largest absolute Gasteiger partial charge is 0.492 e. The first-order chi connectivity index (χ1) is 23.6. The van der Waals surface area contributed by atoms with Crippen LogP contribution in [0.15, 0.2) is 93.9 Å². The molecule has 0 aromatic heterocycles.